The van der Waals surface area contributed by atoms with Crippen molar-refractivity contribution in [3.05, 3.63) is 36.3 Å². The number of carbonyl (C=O) groups excluding carboxylic acids is 1. The molecule has 4 nitrogen and oxygen atoms in total. The predicted molar refractivity (Wildman–Crippen MR) is 65.6 cm³/mol. The number of nitrogens with one attached hydrogen (secondary N) is 1. The van der Waals surface area contributed by atoms with Crippen LogP contribution in [-0.4, -0.2) is 25.2 Å². The maximum atomic E-state index is 11.0. The van der Waals surface area contributed by atoms with Gasteiger partial charge in [-0.15, -0.1) is 0 Å². The summed E-state index contributed by atoms with van der Waals surface area (Å²) in [4.78, 5) is 11.0. The van der Waals surface area contributed by atoms with Crippen LogP contribution >= 0.6 is 0 Å². The van der Waals surface area contributed by atoms with E-state index < -0.39 is 0 Å². The molecule has 1 unspecified atom stereocenters. The molecule has 0 saturated carbocycles. The molecule has 0 aliphatic carbocycles. The molecule has 1 N–H and O–H groups in total. The van der Waals surface area contributed by atoms with Gasteiger partial charge >= 0.3 is 5.97 Å². The largest absolute Gasteiger partial charge is 0.469 e. The van der Waals surface area contributed by atoms with Crippen LogP contribution in [0.1, 0.15) is 19.6 Å². The zero-order chi connectivity index (χ0) is 12.5. The molecule has 1 heterocycles. The average Bonchev–Trinajstić information content (AvgIpc) is 2.77. The summed E-state index contributed by atoms with van der Waals surface area (Å²) in [6, 6.07) is 4.13. The van der Waals surface area contributed by atoms with E-state index in [1.54, 1.807) is 19.3 Å². The third-order valence-electron chi connectivity index (χ3n) is 2.21. The second-order valence-electron chi connectivity index (χ2n) is 3.75. The van der Waals surface area contributed by atoms with Crippen molar-refractivity contribution < 1.29 is 13.9 Å². The Kier molecular flexibility index (Phi) is 6.10. The van der Waals surface area contributed by atoms with Gasteiger partial charge in [-0.1, -0.05) is 6.08 Å². The van der Waals surface area contributed by atoms with Gasteiger partial charge in [0.1, 0.15) is 5.76 Å². The van der Waals surface area contributed by atoms with Gasteiger partial charge in [-0.25, -0.2) is 4.79 Å². The quantitative estimate of drug-likeness (QED) is 0.581. The summed E-state index contributed by atoms with van der Waals surface area (Å²) in [6.07, 6.45) is 5.70. The average molecular weight is 237 g/mol. The highest BCUT2D eigenvalue weighted by atomic mass is 16.5. The molecule has 0 aliphatic rings. The molecule has 0 amide bonds. The van der Waals surface area contributed by atoms with Crippen LogP contribution in [0.3, 0.4) is 0 Å². The zero-order valence-electron chi connectivity index (χ0n) is 10.3. The first-order valence-electron chi connectivity index (χ1n) is 5.81. The Morgan fingerprint density at radius 3 is 3.12 bits per heavy atom. The molecule has 17 heavy (non-hydrogen) atoms. The van der Waals surface area contributed by atoms with E-state index in [1.807, 2.05) is 12.1 Å². The summed E-state index contributed by atoms with van der Waals surface area (Å²) >= 11 is 0. The van der Waals surface area contributed by atoms with Gasteiger partial charge in [0.05, 0.1) is 12.9 Å². The van der Waals surface area contributed by atoms with Gasteiger partial charge in [-0.2, -0.15) is 0 Å². The fraction of sp³-hybridized carbons (Fsp3) is 0.462. The van der Waals surface area contributed by atoms with E-state index in [9.17, 15) is 4.79 Å². The van der Waals surface area contributed by atoms with Crippen LogP contribution in [0.15, 0.2) is 35.0 Å². The standard InChI is InChI=1S/C13H19NO3/c1-3-16-13(15)7-4-8-14-11(2)10-12-6-5-9-17-12/h4-7,9,11,14H,3,8,10H2,1-2H3/b7-4+. The van der Waals surface area contributed by atoms with E-state index in [0.29, 0.717) is 19.2 Å². The number of furan rings is 1. The summed E-state index contributed by atoms with van der Waals surface area (Å²) in [5, 5.41) is 3.26. The highest BCUT2D eigenvalue weighted by molar-refractivity contribution is 5.81. The normalized spacial score (nSPS) is 12.8. The molecule has 4 heteroatoms. The van der Waals surface area contributed by atoms with Crippen molar-refractivity contribution in [1.82, 2.24) is 5.32 Å². The third kappa shape index (κ3) is 5.92. The maximum absolute atomic E-state index is 11.0. The highest BCUT2D eigenvalue weighted by Gasteiger charge is 2.03. The topological polar surface area (TPSA) is 51.5 Å². The molecule has 1 aromatic rings. The van der Waals surface area contributed by atoms with Gasteiger partial charge in [0.15, 0.2) is 0 Å². The van der Waals surface area contributed by atoms with Crippen molar-refractivity contribution in [3.63, 3.8) is 0 Å². The molecule has 0 radical (unpaired) electrons. The van der Waals surface area contributed by atoms with Crippen LogP contribution in [0.25, 0.3) is 0 Å². The number of ether oxygens (including phenoxy) is 1. The molecular formula is C13H19NO3. The summed E-state index contributed by atoms with van der Waals surface area (Å²) in [5.41, 5.74) is 0. The van der Waals surface area contributed by atoms with E-state index in [4.69, 9.17) is 9.15 Å². The summed E-state index contributed by atoms with van der Waals surface area (Å²) in [7, 11) is 0. The lowest BCUT2D eigenvalue weighted by atomic mass is 10.2. The fourth-order valence-electron chi connectivity index (χ4n) is 1.42. The Bertz CT molecular complexity index is 344. The van der Waals surface area contributed by atoms with Gasteiger partial charge in [0.2, 0.25) is 0 Å². The van der Waals surface area contributed by atoms with Crippen LogP contribution in [0, 0.1) is 0 Å². The fourth-order valence-corrected chi connectivity index (χ4v) is 1.42. The molecule has 1 atom stereocenters. The SMILES string of the molecule is CCOC(=O)/C=C/CNC(C)Cc1ccco1. The lowest BCUT2D eigenvalue weighted by molar-refractivity contribution is -0.137. The summed E-state index contributed by atoms with van der Waals surface area (Å²) in [6.45, 7) is 4.91. The Labute approximate surface area is 102 Å². The second kappa shape index (κ2) is 7.68. The second-order valence-corrected chi connectivity index (χ2v) is 3.75. The lowest BCUT2D eigenvalue weighted by Crippen LogP contribution is -2.28. The van der Waals surface area contributed by atoms with E-state index >= 15 is 0 Å². The van der Waals surface area contributed by atoms with Crippen molar-refractivity contribution >= 4 is 5.97 Å². The first kappa shape index (κ1) is 13.5. The first-order chi connectivity index (χ1) is 8.22. The minimum atomic E-state index is -0.298. The van der Waals surface area contributed by atoms with E-state index in [-0.39, 0.29) is 5.97 Å². The number of hydrogen-bond acceptors (Lipinski definition) is 4. The van der Waals surface area contributed by atoms with Gasteiger partial charge < -0.3 is 14.5 Å². The van der Waals surface area contributed by atoms with Crippen LogP contribution in [-0.2, 0) is 16.0 Å². The summed E-state index contributed by atoms with van der Waals surface area (Å²) < 4.78 is 10.0. The van der Waals surface area contributed by atoms with Crippen LogP contribution < -0.4 is 5.32 Å². The van der Waals surface area contributed by atoms with Crippen molar-refractivity contribution in [3.8, 4) is 0 Å². The van der Waals surface area contributed by atoms with Crippen LogP contribution in [0.5, 0.6) is 0 Å². The first-order valence-corrected chi connectivity index (χ1v) is 5.81. The molecule has 1 rings (SSSR count). The number of esters is 1. The van der Waals surface area contributed by atoms with Crippen molar-refractivity contribution in [1.29, 1.82) is 0 Å². The Morgan fingerprint density at radius 1 is 1.65 bits per heavy atom. The molecule has 0 aromatic carbocycles. The van der Waals surface area contributed by atoms with Gasteiger partial charge in [0, 0.05) is 25.1 Å². The number of hydrogen-bond donors (Lipinski definition) is 1. The maximum Gasteiger partial charge on any atom is 0.330 e. The molecule has 0 saturated heterocycles. The smallest absolute Gasteiger partial charge is 0.330 e. The van der Waals surface area contributed by atoms with Crippen molar-refractivity contribution in [2.24, 2.45) is 0 Å². The monoisotopic (exact) mass is 237 g/mol. The molecule has 0 spiro atoms. The van der Waals surface area contributed by atoms with Crippen molar-refractivity contribution in [2.45, 2.75) is 26.3 Å². The number of rotatable bonds is 7. The van der Waals surface area contributed by atoms with Crippen molar-refractivity contribution in [2.75, 3.05) is 13.2 Å². The molecule has 0 fully saturated rings. The van der Waals surface area contributed by atoms with Crippen LogP contribution in [0.2, 0.25) is 0 Å². The predicted octanol–water partition coefficient (Wildman–Crippen LogP) is 1.92. The minimum absolute atomic E-state index is 0.298. The van der Waals surface area contributed by atoms with Crippen LogP contribution in [0.4, 0.5) is 0 Å². The van der Waals surface area contributed by atoms with E-state index in [2.05, 4.69) is 12.2 Å². The van der Waals surface area contributed by atoms with Gasteiger partial charge in [-0.05, 0) is 26.0 Å². The molecule has 1 aromatic heterocycles. The van der Waals surface area contributed by atoms with Gasteiger partial charge in [0.25, 0.3) is 0 Å². The number of carbonyl (C=O) groups is 1. The van der Waals surface area contributed by atoms with E-state index in [0.717, 1.165) is 12.2 Å². The third-order valence-corrected chi connectivity index (χ3v) is 2.21. The molecular weight excluding hydrogens is 218 g/mol. The Morgan fingerprint density at radius 2 is 2.47 bits per heavy atom. The molecule has 0 aliphatic heterocycles. The van der Waals surface area contributed by atoms with Gasteiger partial charge in [-0.3, -0.25) is 0 Å². The van der Waals surface area contributed by atoms with E-state index in [1.165, 1.54) is 6.08 Å². The molecule has 94 valence electrons. The minimum Gasteiger partial charge on any atom is -0.469 e. The zero-order valence-corrected chi connectivity index (χ0v) is 10.3. The highest BCUT2D eigenvalue weighted by Crippen LogP contribution is 2.03. The lowest BCUT2D eigenvalue weighted by Gasteiger charge is -2.09. The summed E-state index contributed by atoms with van der Waals surface area (Å²) in [5.74, 6) is 0.660. The Hall–Kier alpha value is -1.55. The molecule has 0 bridgehead atoms. The Balaban J connectivity index is 2.15.